The maximum atomic E-state index is 6.16. The summed E-state index contributed by atoms with van der Waals surface area (Å²) in [4.78, 5) is 7.23. The van der Waals surface area contributed by atoms with Crippen molar-refractivity contribution in [3.8, 4) is 0 Å². The Morgan fingerprint density at radius 2 is 2.10 bits per heavy atom. The number of benzene rings is 1. The molecule has 3 rings (SSSR count). The fourth-order valence-electron chi connectivity index (χ4n) is 2.67. The Labute approximate surface area is 120 Å². The first kappa shape index (κ1) is 13.4. The highest BCUT2D eigenvalue weighted by Gasteiger charge is 2.28. The molecule has 1 aliphatic carbocycles. The number of nitrogens with zero attached hydrogens (tertiary/aromatic N) is 2. The van der Waals surface area contributed by atoms with Gasteiger partial charge in [-0.05, 0) is 43.4 Å². The Hall–Kier alpha value is -1.61. The summed E-state index contributed by atoms with van der Waals surface area (Å²) in [5.74, 6) is 1.12. The third-order valence-electron chi connectivity index (χ3n) is 4.22. The van der Waals surface area contributed by atoms with Crippen molar-refractivity contribution in [2.45, 2.75) is 44.7 Å². The van der Waals surface area contributed by atoms with E-state index < -0.39 is 0 Å². The van der Waals surface area contributed by atoms with Crippen molar-refractivity contribution in [1.29, 1.82) is 0 Å². The smallest absolute Gasteiger partial charge is 0.132 e. The van der Waals surface area contributed by atoms with E-state index in [0.717, 1.165) is 24.2 Å². The van der Waals surface area contributed by atoms with Crippen LogP contribution in [0.5, 0.6) is 0 Å². The monoisotopic (exact) mass is 269 g/mol. The molecule has 106 valence electrons. The number of fused-ring (bicyclic) bond motifs is 1. The van der Waals surface area contributed by atoms with Gasteiger partial charge in [-0.25, -0.2) is 4.98 Å². The predicted molar refractivity (Wildman–Crippen MR) is 85.1 cm³/mol. The highest BCUT2D eigenvalue weighted by Crippen LogP contribution is 2.33. The average Bonchev–Trinajstić information content (AvgIpc) is 3.30. The largest absolute Gasteiger partial charge is 0.356 e. The van der Waals surface area contributed by atoms with Crippen LogP contribution in [0.4, 0.5) is 5.82 Å². The lowest BCUT2D eigenvalue weighted by Crippen LogP contribution is -2.26. The van der Waals surface area contributed by atoms with Gasteiger partial charge in [-0.2, -0.15) is 0 Å². The Bertz CT molecular complexity index is 604. The Morgan fingerprint density at radius 3 is 2.80 bits per heavy atom. The van der Waals surface area contributed by atoms with Crippen LogP contribution in [0.3, 0.4) is 0 Å². The van der Waals surface area contributed by atoms with Crippen LogP contribution in [0.1, 0.15) is 31.7 Å². The summed E-state index contributed by atoms with van der Waals surface area (Å²) in [7, 11) is 2.16. The summed E-state index contributed by atoms with van der Waals surface area (Å²) >= 11 is 0. The van der Waals surface area contributed by atoms with E-state index in [1.807, 2.05) is 6.07 Å². The lowest BCUT2D eigenvalue weighted by atomic mass is 10.0. The van der Waals surface area contributed by atoms with Crippen LogP contribution in [0.25, 0.3) is 10.9 Å². The first-order valence-corrected chi connectivity index (χ1v) is 7.56. The number of para-hydroxylation sites is 1. The van der Waals surface area contributed by atoms with Crippen molar-refractivity contribution >= 4 is 16.7 Å². The summed E-state index contributed by atoms with van der Waals surface area (Å²) in [6.45, 7) is 2.14. The normalized spacial score (nSPS) is 16.4. The maximum Gasteiger partial charge on any atom is 0.132 e. The molecular weight excluding hydrogens is 246 g/mol. The number of anilines is 1. The zero-order chi connectivity index (χ0) is 14.1. The molecule has 1 aliphatic rings. The first-order chi connectivity index (χ1) is 9.69. The van der Waals surface area contributed by atoms with Crippen molar-refractivity contribution < 1.29 is 0 Å². The van der Waals surface area contributed by atoms with Gasteiger partial charge in [-0.15, -0.1) is 0 Å². The van der Waals surface area contributed by atoms with E-state index in [1.165, 1.54) is 23.8 Å². The minimum absolute atomic E-state index is 0.212. The molecule has 3 nitrogen and oxygen atoms in total. The Morgan fingerprint density at radius 1 is 1.35 bits per heavy atom. The van der Waals surface area contributed by atoms with Crippen molar-refractivity contribution in [3.63, 3.8) is 0 Å². The van der Waals surface area contributed by atoms with Gasteiger partial charge in [-0.3, -0.25) is 0 Å². The molecule has 1 heterocycles. The van der Waals surface area contributed by atoms with Gasteiger partial charge in [0, 0.05) is 24.5 Å². The molecule has 0 spiro atoms. The molecule has 1 aromatic heterocycles. The standard InChI is InChI=1S/C17H23N3/c1-3-14(18)11-13-10-12-6-4-5-7-16(12)19-17(13)20(2)15-8-9-15/h4-7,10,14-15H,3,8-9,11,18H2,1-2H3. The topological polar surface area (TPSA) is 42.1 Å². The van der Waals surface area contributed by atoms with Crippen molar-refractivity contribution in [2.75, 3.05) is 11.9 Å². The Kier molecular flexibility index (Phi) is 3.62. The number of hydrogen-bond acceptors (Lipinski definition) is 3. The molecule has 0 radical (unpaired) electrons. The van der Waals surface area contributed by atoms with Gasteiger partial charge in [0.05, 0.1) is 5.52 Å². The molecule has 1 unspecified atom stereocenters. The molecule has 0 aliphatic heterocycles. The molecule has 2 N–H and O–H groups in total. The molecule has 1 fully saturated rings. The van der Waals surface area contributed by atoms with E-state index in [0.29, 0.717) is 6.04 Å². The number of nitrogens with two attached hydrogens (primary N) is 1. The van der Waals surface area contributed by atoms with E-state index >= 15 is 0 Å². The van der Waals surface area contributed by atoms with Crippen LogP contribution in [0.2, 0.25) is 0 Å². The quantitative estimate of drug-likeness (QED) is 0.907. The van der Waals surface area contributed by atoms with Gasteiger partial charge in [0.15, 0.2) is 0 Å². The van der Waals surface area contributed by atoms with Gasteiger partial charge in [0.25, 0.3) is 0 Å². The van der Waals surface area contributed by atoms with Gasteiger partial charge < -0.3 is 10.6 Å². The number of hydrogen-bond donors (Lipinski definition) is 1. The van der Waals surface area contributed by atoms with E-state index in [2.05, 4.69) is 43.1 Å². The van der Waals surface area contributed by atoms with Crippen LogP contribution in [-0.2, 0) is 6.42 Å². The molecule has 1 aromatic carbocycles. The summed E-state index contributed by atoms with van der Waals surface area (Å²) in [6, 6.07) is 11.5. The molecule has 1 saturated carbocycles. The van der Waals surface area contributed by atoms with E-state index in [4.69, 9.17) is 10.7 Å². The second-order valence-electron chi connectivity index (χ2n) is 5.88. The summed E-state index contributed by atoms with van der Waals surface area (Å²) < 4.78 is 0. The number of rotatable bonds is 5. The molecule has 0 bridgehead atoms. The molecule has 0 saturated heterocycles. The zero-order valence-corrected chi connectivity index (χ0v) is 12.3. The number of aromatic nitrogens is 1. The van der Waals surface area contributed by atoms with E-state index in [9.17, 15) is 0 Å². The van der Waals surface area contributed by atoms with Gasteiger partial charge in [0.2, 0.25) is 0 Å². The second-order valence-corrected chi connectivity index (χ2v) is 5.88. The number of pyridine rings is 1. The molecule has 0 amide bonds. The zero-order valence-electron chi connectivity index (χ0n) is 12.3. The molecule has 20 heavy (non-hydrogen) atoms. The third kappa shape index (κ3) is 2.63. The fourth-order valence-corrected chi connectivity index (χ4v) is 2.67. The fraction of sp³-hybridized carbons (Fsp3) is 0.471. The SMILES string of the molecule is CCC(N)Cc1cc2ccccc2nc1N(C)C1CC1. The average molecular weight is 269 g/mol. The highest BCUT2D eigenvalue weighted by molar-refractivity contribution is 5.82. The molecule has 2 aromatic rings. The van der Waals surface area contributed by atoms with Crippen LogP contribution < -0.4 is 10.6 Å². The molecule has 1 atom stereocenters. The second kappa shape index (κ2) is 5.41. The first-order valence-electron chi connectivity index (χ1n) is 7.56. The van der Waals surface area contributed by atoms with Gasteiger partial charge >= 0.3 is 0 Å². The molecular formula is C17H23N3. The van der Waals surface area contributed by atoms with Crippen LogP contribution in [-0.4, -0.2) is 24.1 Å². The van der Waals surface area contributed by atoms with Crippen LogP contribution in [0.15, 0.2) is 30.3 Å². The third-order valence-corrected chi connectivity index (χ3v) is 4.22. The molecule has 3 heteroatoms. The highest BCUT2D eigenvalue weighted by atomic mass is 15.2. The minimum Gasteiger partial charge on any atom is -0.356 e. The maximum absolute atomic E-state index is 6.16. The van der Waals surface area contributed by atoms with Crippen molar-refractivity contribution in [3.05, 3.63) is 35.9 Å². The minimum atomic E-state index is 0.212. The van der Waals surface area contributed by atoms with Crippen molar-refractivity contribution in [2.24, 2.45) is 5.73 Å². The predicted octanol–water partition coefficient (Wildman–Crippen LogP) is 3.11. The van der Waals surface area contributed by atoms with E-state index in [1.54, 1.807) is 0 Å². The van der Waals surface area contributed by atoms with Crippen LogP contribution >= 0.6 is 0 Å². The van der Waals surface area contributed by atoms with Gasteiger partial charge in [-0.1, -0.05) is 25.1 Å². The lowest BCUT2D eigenvalue weighted by molar-refractivity contribution is 0.644. The lowest BCUT2D eigenvalue weighted by Gasteiger charge is -2.23. The van der Waals surface area contributed by atoms with E-state index in [-0.39, 0.29) is 6.04 Å². The van der Waals surface area contributed by atoms with Crippen molar-refractivity contribution in [1.82, 2.24) is 4.98 Å². The summed E-state index contributed by atoms with van der Waals surface area (Å²) in [5, 5.41) is 1.21. The summed E-state index contributed by atoms with van der Waals surface area (Å²) in [6.07, 6.45) is 4.47. The van der Waals surface area contributed by atoms with Gasteiger partial charge in [0.1, 0.15) is 5.82 Å². The van der Waals surface area contributed by atoms with Crippen LogP contribution in [0, 0.1) is 0 Å². The summed E-state index contributed by atoms with van der Waals surface area (Å²) in [5.41, 5.74) is 8.52. The Balaban J connectivity index is 2.05.